The van der Waals surface area contributed by atoms with E-state index in [-0.39, 0.29) is 23.8 Å². The summed E-state index contributed by atoms with van der Waals surface area (Å²) >= 11 is 0. The van der Waals surface area contributed by atoms with Crippen LogP contribution in [0, 0.1) is 6.92 Å². The molecule has 1 N–H and O–H groups in total. The lowest BCUT2D eigenvalue weighted by Crippen LogP contribution is -2.36. The number of nitrogens with zero attached hydrogens (tertiary/aromatic N) is 1. The molecule has 0 aromatic heterocycles. The van der Waals surface area contributed by atoms with Gasteiger partial charge in [-0.15, -0.1) is 0 Å². The number of hydrogen-bond donors (Lipinski definition) is 1. The van der Waals surface area contributed by atoms with Crippen LogP contribution in [-0.4, -0.2) is 50.6 Å². The molecule has 0 spiro atoms. The molecular formula is C24H28N2O7S. The molecule has 0 radical (unpaired) electrons. The number of piperidine rings is 1. The Labute approximate surface area is 199 Å². The third-order valence-electron chi connectivity index (χ3n) is 5.94. The first-order valence-electron chi connectivity index (χ1n) is 11.2. The first kappa shape index (κ1) is 24.0. The van der Waals surface area contributed by atoms with Crippen LogP contribution in [0.4, 0.5) is 0 Å². The first-order chi connectivity index (χ1) is 16.3. The van der Waals surface area contributed by atoms with Crippen molar-refractivity contribution in [2.45, 2.75) is 50.7 Å². The van der Waals surface area contributed by atoms with Gasteiger partial charge in [-0.25, -0.2) is 13.2 Å². The number of rotatable bonds is 7. The van der Waals surface area contributed by atoms with Crippen molar-refractivity contribution in [2.75, 3.05) is 19.9 Å². The zero-order chi connectivity index (χ0) is 24.3. The molecule has 1 amide bonds. The number of fused-ring (bicyclic) bond motifs is 1. The molecule has 2 aromatic carbocycles. The Hall–Kier alpha value is -3.11. The van der Waals surface area contributed by atoms with E-state index in [1.54, 1.807) is 25.1 Å². The standard InChI is InChI=1S/C24H28N2O7S/c1-16-6-8-19(34(29,30)26-10-4-3-5-11-26)13-20(16)24(28)33-17(2)23(27)25-14-18-7-9-21-22(12-18)32-15-31-21/h6-9,12-13,17H,3-5,10-11,14-15H2,1-2H3,(H,25,27). The maximum Gasteiger partial charge on any atom is 0.339 e. The molecule has 0 aliphatic carbocycles. The topological polar surface area (TPSA) is 111 Å². The van der Waals surface area contributed by atoms with Crippen LogP contribution in [-0.2, 0) is 26.1 Å². The van der Waals surface area contributed by atoms with E-state index in [0.717, 1.165) is 24.8 Å². The van der Waals surface area contributed by atoms with Crippen molar-refractivity contribution >= 4 is 21.9 Å². The summed E-state index contributed by atoms with van der Waals surface area (Å²) in [5, 5.41) is 2.72. The van der Waals surface area contributed by atoms with Crippen molar-refractivity contribution in [2.24, 2.45) is 0 Å². The molecular weight excluding hydrogens is 460 g/mol. The van der Waals surface area contributed by atoms with E-state index in [2.05, 4.69) is 5.32 Å². The van der Waals surface area contributed by atoms with Crippen LogP contribution >= 0.6 is 0 Å². The van der Waals surface area contributed by atoms with E-state index in [4.69, 9.17) is 14.2 Å². The predicted octanol–water partition coefficient (Wildman–Crippen LogP) is 2.76. The normalized spacial score (nSPS) is 16.6. The molecule has 2 aromatic rings. The molecule has 10 heteroatoms. The minimum Gasteiger partial charge on any atom is -0.454 e. The van der Waals surface area contributed by atoms with Crippen molar-refractivity contribution in [1.82, 2.24) is 9.62 Å². The lowest BCUT2D eigenvalue weighted by molar-refractivity contribution is -0.129. The molecule has 0 bridgehead atoms. The minimum absolute atomic E-state index is 0.0480. The molecule has 2 heterocycles. The van der Waals surface area contributed by atoms with E-state index in [1.165, 1.54) is 23.4 Å². The van der Waals surface area contributed by atoms with Crippen LogP contribution in [0.1, 0.15) is 47.7 Å². The third kappa shape index (κ3) is 5.18. The number of esters is 1. The number of benzene rings is 2. The van der Waals surface area contributed by atoms with Crippen molar-refractivity contribution in [3.63, 3.8) is 0 Å². The van der Waals surface area contributed by atoms with E-state index in [0.29, 0.717) is 30.2 Å². The average Bonchev–Trinajstić information content (AvgIpc) is 3.31. The van der Waals surface area contributed by atoms with Gasteiger partial charge in [-0.2, -0.15) is 4.31 Å². The van der Waals surface area contributed by atoms with Crippen LogP contribution in [0.3, 0.4) is 0 Å². The largest absolute Gasteiger partial charge is 0.454 e. The van der Waals surface area contributed by atoms with Gasteiger partial charge in [-0.3, -0.25) is 4.79 Å². The lowest BCUT2D eigenvalue weighted by Gasteiger charge is -2.26. The number of aryl methyl sites for hydroxylation is 1. The van der Waals surface area contributed by atoms with Gasteiger partial charge in [0.25, 0.3) is 5.91 Å². The number of amides is 1. The monoisotopic (exact) mass is 488 g/mol. The Bertz CT molecular complexity index is 1190. The molecule has 2 aliphatic heterocycles. The second kappa shape index (κ2) is 10.0. The number of sulfonamides is 1. The maximum atomic E-state index is 13.0. The second-order valence-corrected chi connectivity index (χ2v) is 10.3. The zero-order valence-electron chi connectivity index (χ0n) is 19.2. The summed E-state index contributed by atoms with van der Waals surface area (Å²) in [7, 11) is -3.70. The van der Waals surface area contributed by atoms with Gasteiger partial charge in [0.05, 0.1) is 10.5 Å². The van der Waals surface area contributed by atoms with Gasteiger partial charge in [-0.05, 0) is 62.1 Å². The van der Waals surface area contributed by atoms with Gasteiger partial charge < -0.3 is 19.5 Å². The predicted molar refractivity (Wildman–Crippen MR) is 123 cm³/mol. The van der Waals surface area contributed by atoms with Gasteiger partial charge in [0, 0.05) is 19.6 Å². The molecule has 2 aliphatic rings. The molecule has 182 valence electrons. The summed E-state index contributed by atoms with van der Waals surface area (Å²) in [6, 6.07) is 9.76. The first-order valence-corrected chi connectivity index (χ1v) is 12.7. The van der Waals surface area contributed by atoms with Gasteiger partial charge >= 0.3 is 5.97 Å². The molecule has 9 nitrogen and oxygen atoms in total. The molecule has 34 heavy (non-hydrogen) atoms. The Morgan fingerprint density at radius 1 is 1.06 bits per heavy atom. The molecule has 1 saturated heterocycles. The molecule has 4 rings (SSSR count). The van der Waals surface area contributed by atoms with Crippen LogP contribution in [0.15, 0.2) is 41.3 Å². The number of carbonyl (C=O) groups is 2. The second-order valence-electron chi connectivity index (χ2n) is 8.39. The van der Waals surface area contributed by atoms with Gasteiger partial charge in [0.1, 0.15) is 0 Å². The average molecular weight is 489 g/mol. The zero-order valence-corrected chi connectivity index (χ0v) is 20.0. The van der Waals surface area contributed by atoms with E-state index < -0.39 is 28.0 Å². The smallest absolute Gasteiger partial charge is 0.339 e. The Morgan fingerprint density at radius 3 is 2.56 bits per heavy atom. The fraction of sp³-hybridized carbons (Fsp3) is 0.417. The Morgan fingerprint density at radius 2 is 1.79 bits per heavy atom. The van der Waals surface area contributed by atoms with Crippen molar-refractivity contribution < 1.29 is 32.2 Å². The Balaban J connectivity index is 1.39. The summed E-state index contributed by atoms with van der Waals surface area (Å²) < 4.78 is 43.4. The van der Waals surface area contributed by atoms with E-state index >= 15 is 0 Å². The summed E-state index contributed by atoms with van der Waals surface area (Å²) in [5.41, 5.74) is 1.49. The van der Waals surface area contributed by atoms with E-state index in [1.807, 2.05) is 6.07 Å². The molecule has 1 atom stereocenters. The molecule has 0 saturated carbocycles. The summed E-state index contributed by atoms with van der Waals surface area (Å²) in [6.45, 7) is 4.49. The Kier molecular flexibility index (Phi) is 7.08. The lowest BCUT2D eigenvalue weighted by atomic mass is 10.1. The maximum absolute atomic E-state index is 13.0. The minimum atomic E-state index is -3.70. The van der Waals surface area contributed by atoms with Crippen molar-refractivity contribution in [3.8, 4) is 11.5 Å². The molecule has 1 unspecified atom stereocenters. The van der Waals surface area contributed by atoms with Gasteiger partial charge in [0.2, 0.25) is 16.8 Å². The van der Waals surface area contributed by atoms with Crippen molar-refractivity contribution in [1.29, 1.82) is 0 Å². The fourth-order valence-electron chi connectivity index (χ4n) is 3.90. The quantitative estimate of drug-likeness (QED) is 0.597. The SMILES string of the molecule is Cc1ccc(S(=O)(=O)N2CCCCC2)cc1C(=O)OC(C)C(=O)NCc1ccc2c(c1)OCO2. The van der Waals surface area contributed by atoms with Crippen LogP contribution in [0.2, 0.25) is 0 Å². The summed E-state index contributed by atoms with van der Waals surface area (Å²) in [5.74, 6) is 0.0399. The van der Waals surface area contributed by atoms with Crippen molar-refractivity contribution in [3.05, 3.63) is 53.1 Å². The fourth-order valence-corrected chi connectivity index (χ4v) is 5.44. The number of nitrogens with one attached hydrogen (secondary N) is 1. The molecule has 1 fully saturated rings. The number of ether oxygens (including phenoxy) is 3. The highest BCUT2D eigenvalue weighted by Gasteiger charge is 2.28. The highest BCUT2D eigenvalue weighted by molar-refractivity contribution is 7.89. The van der Waals surface area contributed by atoms with Crippen LogP contribution < -0.4 is 14.8 Å². The highest BCUT2D eigenvalue weighted by Crippen LogP contribution is 2.32. The third-order valence-corrected chi connectivity index (χ3v) is 7.83. The number of hydrogen-bond acceptors (Lipinski definition) is 7. The van der Waals surface area contributed by atoms with Gasteiger partial charge in [-0.1, -0.05) is 18.6 Å². The van der Waals surface area contributed by atoms with Crippen LogP contribution in [0.25, 0.3) is 0 Å². The number of carbonyl (C=O) groups excluding carboxylic acids is 2. The summed E-state index contributed by atoms with van der Waals surface area (Å²) in [4.78, 5) is 25.3. The summed E-state index contributed by atoms with van der Waals surface area (Å²) in [6.07, 6.45) is 1.58. The van der Waals surface area contributed by atoms with E-state index in [9.17, 15) is 18.0 Å². The highest BCUT2D eigenvalue weighted by atomic mass is 32.2. The van der Waals surface area contributed by atoms with Gasteiger partial charge in [0.15, 0.2) is 17.6 Å². The van der Waals surface area contributed by atoms with Crippen LogP contribution in [0.5, 0.6) is 11.5 Å².